The third-order valence-electron chi connectivity index (χ3n) is 2.42. The zero-order valence-electron chi connectivity index (χ0n) is 10.7. The van der Waals surface area contributed by atoms with E-state index in [2.05, 4.69) is 10.6 Å². The van der Waals surface area contributed by atoms with Crippen molar-refractivity contribution in [2.45, 2.75) is 31.2 Å². The Balaban J connectivity index is 3.10. The Morgan fingerprint density at radius 2 is 1.89 bits per heavy atom. The number of aryl methyl sites for hydroxylation is 2. The monoisotopic (exact) mass is 281 g/mol. The van der Waals surface area contributed by atoms with Crippen molar-refractivity contribution in [2.24, 2.45) is 0 Å². The van der Waals surface area contributed by atoms with Gasteiger partial charge >= 0.3 is 5.97 Å². The molecule has 0 saturated heterocycles. The van der Waals surface area contributed by atoms with Crippen LogP contribution in [0.5, 0.6) is 0 Å². The van der Waals surface area contributed by atoms with Crippen LogP contribution in [0.2, 0.25) is 0 Å². The molecule has 102 valence electrons. The molecule has 6 heteroatoms. The van der Waals surface area contributed by atoms with Crippen LogP contribution < -0.4 is 4.72 Å². The third kappa shape index (κ3) is 4.09. The largest absolute Gasteiger partial charge is 0.480 e. The van der Waals surface area contributed by atoms with Gasteiger partial charge in [-0.3, -0.25) is 4.79 Å². The van der Waals surface area contributed by atoms with Gasteiger partial charge in [-0.05, 0) is 37.1 Å². The number of carbonyl (C=O) groups is 1. The number of nitrogens with one attached hydrogen (secondary N) is 1. The van der Waals surface area contributed by atoms with Gasteiger partial charge in [0.15, 0.2) is 0 Å². The van der Waals surface area contributed by atoms with E-state index in [4.69, 9.17) is 11.5 Å². The first-order valence-corrected chi connectivity index (χ1v) is 7.01. The van der Waals surface area contributed by atoms with Crippen LogP contribution >= 0.6 is 0 Å². The van der Waals surface area contributed by atoms with Gasteiger partial charge in [0.2, 0.25) is 10.0 Å². The lowest BCUT2D eigenvalue weighted by Crippen LogP contribution is -2.40. The molecule has 1 unspecified atom stereocenters. The summed E-state index contributed by atoms with van der Waals surface area (Å²) in [5, 5.41) is 8.90. The lowest BCUT2D eigenvalue weighted by molar-refractivity contribution is -0.138. The van der Waals surface area contributed by atoms with Crippen LogP contribution in [0, 0.1) is 26.2 Å². The van der Waals surface area contributed by atoms with Crippen LogP contribution in [0.4, 0.5) is 0 Å². The van der Waals surface area contributed by atoms with Gasteiger partial charge in [-0.25, -0.2) is 8.42 Å². The summed E-state index contributed by atoms with van der Waals surface area (Å²) in [6.07, 6.45) is 4.82. The number of hydrogen-bond donors (Lipinski definition) is 2. The Hall–Kier alpha value is -1.84. The highest BCUT2D eigenvalue weighted by atomic mass is 32.2. The average molecular weight is 281 g/mol. The van der Waals surface area contributed by atoms with Crippen LogP contribution in [-0.2, 0) is 14.8 Å². The molecule has 0 aliphatic carbocycles. The van der Waals surface area contributed by atoms with Crippen molar-refractivity contribution >= 4 is 16.0 Å². The molecule has 0 aliphatic rings. The first kappa shape index (κ1) is 15.2. The standard InChI is InChI=1S/C13H15NO4S/c1-4-5-12(13(15)16)14-19(17,18)11-7-9(2)6-10(3)8-11/h1,6-8,12,14H,5H2,2-3H3,(H,15,16). The fraction of sp³-hybridized carbons (Fsp3) is 0.308. The molecule has 0 saturated carbocycles. The Labute approximate surface area is 112 Å². The molecule has 19 heavy (non-hydrogen) atoms. The molecule has 0 heterocycles. The van der Waals surface area contributed by atoms with Gasteiger partial charge in [0.1, 0.15) is 6.04 Å². The van der Waals surface area contributed by atoms with Crippen molar-refractivity contribution in [3.8, 4) is 12.3 Å². The highest BCUT2D eigenvalue weighted by molar-refractivity contribution is 7.89. The molecule has 1 aromatic rings. The average Bonchev–Trinajstić information content (AvgIpc) is 2.26. The van der Waals surface area contributed by atoms with Gasteiger partial charge in [-0.15, -0.1) is 12.3 Å². The first-order chi connectivity index (χ1) is 8.76. The van der Waals surface area contributed by atoms with E-state index in [1.54, 1.807) is 13.8 Å². The summed E-state index contributed by atoms with van der Waals surface area (Å²) in [5.41, 5.74) is 1.56. The van der Waals surface area contributed by atoms with Gasteiger partial charge < -0.3 is 5.11 Å². The second-order valence-electron chi connectivity index (χ2n) is 4.24. The van der Waals surface area contributed by atoms with Crippen LogP contribution in [-0.4, -0.2) is 25.5 Å². The minimum Gasteiger partial charge on any atom is -0.480 e. The predicted octanol–water partition coefficient (Wildman–Crippen LogP) is 1.06. The number of carboxylic acids is 1. The molecule has 0 spiro atoms. The van der Waals surface area contributed by atoms with Gasteiger partial charge in [-0.1, -0.05) is 6.07 Å². The molecule has 0 fully saturated rings. The van der Waals surface area contributed by atoms with Crippen molar-refractivity contribution in [3.05, 3.63) is 29.3 Å². The number of rotatable bonds is 5. The van der Waals surface area contributed by atoms with Crippen LogP contribution in [0.15, 0.2) is 23.1 Å². The molecule has 5 nitrogen and oxygen atoms in total. The fourth-order valence-electron chi connectivity index (χ4n) is 1.64. The van der Waals surface area contributed by atoms with Crippen molar-refractivity contribution in [3.63, 3.8) is 0 Å². The Morgan fingerprint density at radius 1 is 1.37 bits per heavy atom. The molecule has 0 bridgehead atoms. The number of benzene rings is 1. The number of carboxylic acid groups (broad SMARTS) is 1. The van der Waals surface area contributed by atoms with Crippen LogP contribution in [0.25, 0.3) is 0 Å². The molecule has 1 rings (SSSR count). The molecule has 0 amide bonds. The number of terminal acetylenes is 1. The van der Waals surface area contributed by atoms with E-state index in [-0.39, 0.29) is 11.3 Å². The molecule has 1 atom stereocenters. The van der Waals surface area contributed by atoms with Crippen LogP contribution in [0.3, 0.4) is 0 Å². The van der Waals surface area contributed by atoms with E-state index in [0.29, 0.717) is 0 Å². The molecule has 1 aromatic carbocycles. The highest BCUT2D eigenvalue weighted by Crippen LogP contribution is 2.15. The number of hydrogen-bond acceptors (Lipinski definition) is 3. The maximum atomic E-state index is 12.1. The topological polar surface area (TPSA) is 83.5 Å². The minimum absolute atomic E-state index is 0.0354. The maximum Gasteiger partial charge on any atom is 0.322 e. The second kappa shape index (κ2) is 5.87. The van der Waals surface area contributed by atoms with Crippen LogP contribution in [0.1, 0.15) is 17.5 Å². The summed E-state index contributed by atoms with van der Waals surface area (Å²) in [6.45, 7) is 3.53. The van der Waals surface area contributed by atoms with Gasteiger partial charge in [-0.2, -0.15) is 4.72 Å². The van der Waals surface area contributed by atoms with Crippen molar-refractivity contribution < 1.29 is 18.3 Å². The second-order valence-corrected chi connectivity index (χ2v) is 5.96. The summed E-state index contributed by atoms with van der Waals surface area (Å²) in [7, 11) is -3.90. The van der Waals surface area contributed by atoms with E-state index < -0.39 is 22.0 Å². The van der Waals surface area contributed by atoms with Crippen molar-refractivity contribution in [2.75, 3.05) is 0 Å². The summed E-state index contributed by atoms with van der Waals surface area (Å²) in [6, 6.07) is 3.46. The zero-order valence-corrected chi connectivity index (χ0v) is 11.5. The lowest BCUT2D eigenvalue weighted by atomic mass is 10.2. The predicted molar refractivity (Wildman–Crippen MR) is 71.1 cm³/mol. The van der Waals surface area contributed by atoms with Gasteiger partial charge in [0.05, 0.1) is 4.90 Å². The van der Waals surface area contributed by atoms with Gasteiger partial charge in [0, 0.05) is 6.42 Å². The van der Waals surface area contributed by atoms with Gasteiger partial charge in [0.25, 0.3) is 0 Å². The fourth-order valence-corrected chi connectivity index (χ4v) is 3.02. The molecule has 0 radical (unpaired) electrons. The Kier molecular flexibility index (Phi) is 4.70. The SMILES string of the molecule is C#CCC(NS(=O)(=O)c1cc(C)cc(C)c1)C(=O)O. The summed E-state index contributed by atoms with van der Waals surface area (Å²) < 4.78 is 26.3. The number of aliphatic carboxylic acids is 1. The molecular weight excluding hydrogens is 266 g/mol. The molecule has 0 aliphatic heterocycles. The van der Waals surface area contributed by atoms with E-state index in [0.717, 1.165) is 11.1 Å². The summed E-state index contributed by atoms with van der Waals surface area (Å²) in [4.78, 5) is 10.9. The van der Waals surface area contributed by atoms with E-state index in [1.807, 2.05) is 6.07 Å². The summed E-state index contributed by atoms with van der Waals surface area (Å²) >= 11 is 0. The normalized spacial score (nSPS) is 12.7. The minimum atomic E-state index is -3.90. The zero-order chi connectivity index (χ0) is 14.6. The lowest BCUT2D eigenvalue weighted by Gasteiger charge is -2.13. The van der Waals surface area contributed by atoms with Crippen molar-refractivity contribution in [1.29, 1.82) is 0 Å². The van der Waals surface area contributed by atoms with E-state index in [1.165, 1.54) is 12.1 Å². The molecule has 2 N–H and O–H groups in total. The Bertz CT molecular complexity index is 608. The third-order valence-corrected chi connectivity index (χ3v) is 3.87. The molecule has 0 aromatic heterocycles. The maximum absolute atomic E-state index is 12.1. The summed E-state index contributed by atoms with van der Waals surface area (Å²) in [5.74, 6) is 0.838. The van der Waals surface area contributed by atoms with Crippen molar-refractivity contribution in [1.82, 2.24) is 4.72 Å². The number of sulfonamides is 1. The first-order valence-electron chi connectivity index (χ1n) is 5.53. The van der Waals surface area contributed by atoms with E-state index in [9.17, 15) is 13.2 Å². The Morgan fingerprint density at radius 3 is 2.32 bits per heavy atom. The smallest absolute Gasteiger partial charge is 0.322 e. The highest BCUT2D eigenvalue weighted by Gasteiger charge is 2.24. The molecular formula is C13H15NO4S. The van der Waals surface area contributed by atoms with E-state index >= 15 is 0 Å². The quantitative estimate of drug-likeness (QED) is 0.790.